The number of aliphatic carboxylic acids is 1. The second-order valence-electron chi connectivity index (χ2n) is 3.24. The summed E-state index contributed by atoms with van der Waals surface area (Å²) in [6.45, 7) is -0.679. The fourth-order valence-corrected chi connectivity index (χ4v) is 1.27. The van der Waals surface area contributed by atoms with Gasteiger partial charge in [-0.2, -0.15) is 0 Å². The topological polar surface area (TPSA) is 116 Å². The molecule has 84 valence electrons. The van der Waals surface area contributed by atoms with Crippen molar-refractivity contribution in [3.05, 3.63) is 0 Å². The van der Waals surface area contributed by atoms with E-state index in [0.29, 0.717) is 6.42 Å². The Hall–Kier alpha value is -1.63. The summed E-state index contributed by atoms with van der Waals surface area (Å²) in [6, 6.07) is -2.01. The number of carbonyl (C=O) groups is 3. The van der Waals surface area contributed by atoms with Crippen LogP contribution in [0.15, 0.2) is 0 Å². The highest BCUT2D eigenvalue weighted by Crippen LogP contribution is 2.06. The first-order chi connectivity index (χ1) is 7.04. The molecule has 15 heavy (non-hydrogen) atoms. The Labute approximate surface area is 85.5 Å². The van der Waals surface area contributed by atoms with Crippen molar-refractivity contribution in [2.45, 2.75) is 24.9 Å². The molecule has 1 fully saturated rings. The van der Waals surface area contributed by atoms with Gasteiger partial charge in [-0.1, -0.05) is 0 Å². The number of amides is 2. The van der Waals surface area contributed by atoms with E-state index in [9.17, 15) is 14.4 Å². The molecule has 1 heterocycles. The van der Waals surface area contributed by atoms with E-state index in [1.165, 1.54) is 0 Å². The quantitative estimate of drug-likeness (QED) is 0.426. The third kappa shape index (κ3) is 2.91. The molecule has 0 bridgehead atoms. The minimum atomic E-state index is -1.32. The lowest BCUT2D eigenvalue weighted by Gasteiger charge is -2.15. The van der Waals surface area contributed by atoms with Gasteiger partial charge in [0.05, 0.1) is 6.61 Å². The molecule has 2 amide bonds. The number of hydrogen-bond acceptors (Lipinski definition) is 4. The molecule has 0 spiro atoms. The molecule has 7 nitrogen and oxygen atoms in total. The van der Waals surface area contributed by atoms with E-state index in [0.717, 1.165) is 0 Å². The van der Waals surface area contributed by atoms with E-state index in [4.69, 9.17) is 10.2 Å². The second kappa shape index (κ2) is 4.74. The predicted molar refractivity (Wildman–Crippen MR) is 47.8 cm³/mol. The summed E-state index contributed by atoms with van der Waals surface area (Å²) in [7, 11) is 0. The van der Waals surface area contributed by atoms with Crippen molar-refractivity contribution in [3.63, 3.8) is 0 Å². The normalized spacial score (nSPS) is 21.9. The first kappa shape index (κ1) is 11.4. The molecule has 2 atom stereocenters. The Kier molecular flexibility index (Phi) is 3.62. The van der Waals surface area contributed by atoms with E-state index in [1.54, 1.807) is 0 Å². The number of aliphatic hydroxyl groups is 1. The molecule has 0 unspecified atom stereocenters. The fourth-order valence-electron chi connectivity index (χ4n) is 1.27. The molecular weight excluding hydrogens is 204 g/mol. The Morgan fingerprint density at radius 2 is 2.27 bits per heavy atom. The van der Waals surface area contributed by atoms with Crippen LogP contribution in [0.5, 0.6) is 0 Å². The van der Waals surface area contributed by atoms with E-state index < -0.39 is 30.6 Å². The van der Waals surface area contributed by atoms with Gasteiger partial charge in [0, 0.05) is 6.42 Å². The van der Waals surface area contributed by atoms with Gasteiger partial charge in [0.25, 0.3) is 0 Å². The average molecular weight is 216 g/mol. The maximum Gasteiger partial charge on any atom is 0.328 e. The van der Waals surface area contributed by atoms with Crippen molar-refractivity contribution < 1.29 is 24.6 Å². The number of carbonyl (C=O) groups excluding carboxylic acids is 2. The summed E-state index contributed by atoms with van der Waals surface area (Å²) < 4.78 is 0. The van der Waals surface area contributed by atoms with Gasteiger partial charge < -0.3 is 20.8 Å². The molecule has 0 aliphatic carbocycles. The molecule has 0 aromatic heterocycles. The van der Waals surface area contributed by atoms with Crippen LogP contribution in [0.1, 0.15) is 12.8 Å². The number of rotatable bonds is 4. The summed E-state index contributed by atoms with van der Waals surface area (Å²) in [5.74, 6) is -2.12. The fraction of sp³-hybridized carbons (Fsp3) is 0.625. The van der Waals surface area contributed by atoms with Crippen LogP contribution in [0.2, 0.25) is 0 Å². The number of carboxylic acids is 1. The van der Waals surface area contributed by atoms with Crippen LogP contribution in [0, 0.1) is 0 Å². The standard InChI is InChI=1S/C8H12N2O5/c11-3-5(8(14)15)10-7(13)4-1-2-6(12)9-4/h4-5,11H,1-3H2,(H,9,12)(H,10,13)(H,14,15)/t4-,5-/m1/s1. The first-order valence-electron chi connectivity index (χ1n) is 4.48. The lowest BCUT2D eigenvalue weighted by atomic mass is 10.2. The lowest BCUT2D eigenvalue weighted by molar-refractivity contribution is -0.143. The maximum atomic E-state index is 11.4. The Morgan fingerprint density at radius 1 is 1.60 bits per heavy atom. The Morgan fingerprint density at radius 3 is 2.67 bits per heavy atom. The predicted octanol–water partition coefficient (Wildman–Crippen LogP) is -2.17. The van der Waals surface area contributed by atoms with Crippen LogP contribution in [-0.4, -0.2) is 46.7 Å². The van der Waals surface area contributed by atoms with Crippen molar-refractivity contribution in [2.24, 2.45) is 0 Å². The zero-order chi connectivity index (χ0) is 11.4. The summed E-state index contributed by atoms with van der Waals surface area (Å²) in [4.78, 5) is 32.6. The maximum absolute atomic E-state index is 11.4. The van der Waals surface area contributed by atoms with Crippen LogP contribution in [-0.2, 0) is 14.4 Å². The van der Waals surface area contributed by atoms with Gasteiger partial charge in [0.2, 0.25) is 11.8 Å². The molecule has 1 rings (SSSR count). The molecule has 4 N–H and O–H groups in total. The molecule has 0 saturated carbocycles. The van der Waals surface area contributed by atoms with Crippen molar-refractivity contribution >= 4 is 17.8 Å². The Bertz CT molecular complexity index is 291. The molecule has 0 aromatic rings. The van der Waals surface area contributed by atoms with Gasteiger partial charge in [-0.15, -0.1) is 0 Å². The molecule has 0 aromatic carbocycles. The van der Waals surface area contributed by atoms with Gasteiger partial charge in [-0.3, -0.25) is 9.59 Å². The smallest absolute Gasteiger partial charge is 0.328 e. The van der Waals surface area contributed by atoms with Gasteiger partial charge in [0.15, 0.2) is 0 Å². The highest BCUT2D eigenvalue weighted by atomic mass is 16.4. The van der Waals surface area contributed by atoms with Crippen molar-refractivity contribution in [2.75, 3.05) is 6.61 Å². The largest absolute Gasteiger partial charge is 0.480 e. The number of hydrogen-bond donors (Lipinski definition) is 4. The van der Waals surface area contributed by atoms with Crippen LogP contribution in [0.4, 0.5) is 0 Å². The average Bonchev–Trinajstić information content (AvgIpc) is 2.60. The van der Waals surface area contributed by atoms with Gasteiger partial charge in [0.1, 0.15) is 12.1 Å². The summed E-state index contributed by atoms with van der Waals surface area (Å²) in [5.41, 5.74) is 0. The van der Waals surface area contributed by atoms with Gasteiger partial charge >= 0.3 is 5.97 Å². The summed E-state index contributed by atoms with van der Waals surface area (Å²) in [6.07, 6.45) is 0.609. The third-order valence-electron chi connectivity index (χ3n) is 2.11. The third-order valence-corrected chi connectivity index (χ3v) is 2.11. The zero-order valence-corrected chi connectivity index (χ0v) is 7.90. The molecule has 1 saturated heterocycles. The molecule has 1 aliphatic rings. The van der Waals surface area contributed by atoms with E-state index >= 15 is 0 Å². The van der Waals surface area contributed by atoms with Crippen molar-refractivity contribution in [1.29, 1.82) is 0 Å². The molecule has 1 aliphatic heterocycles. The number of carboxylic acid groups (broad SMARTS) is 1. The van der Waals surface area contributed by atoms with Gasteiger partial charge in [-0.05, 0) is 6.42 Å². The second-order valence-corrected chi connectivity index (χ2v) is 3.24. The Balaban J connectivity index is 2.47. The summed E-state index contributed by atoms with van der Waals surface area (Å²) in [5, 5.41) is 21.7. The van der Waals surface area contributed by atoms with Crippen LogP contribution in [0.25, 0.3) is 0 Å². The van der Waals surface area contributed by atoms with E-state index in [2.05, 4.69) is 10.6 Å². The minimum Gasteiger partial charge on any atom is -0.480 e. The van der Waals surface area contributed by atoms with Crippen molar-refractivity contribution in [1.82, 2.24) is 10.6 Å². The highest BCUT2D eigenvalue weighted by Gasteiger charge is 2.29. The number of nitrogens with one attached hydrogen (secondary N) is 2. The van der Waals surface area contributed by atoms with E-state index in [1.807, 2.05) is 0 Å². The molecule has 0 radical (unpaired) electrons. The van der Waals surface area contributed by atoms with Crippen molar-refractivity contribution in [3.8, 4) is 0 Å². The number of aliphatic hydroxyl groups excluding tert-OH is 1. The van der Waals surface area contributed by atoms with Crippen LogP contribution < -0.4 is 10.6 Å². The van der Waals surface area contributed by atoms with E-state index in [-0.39, 0.29) is 12.3 Å². The molecular formula is C8H12N2O5. The molecule has 7 heteroatoms. The first-order valence-corrected chi connectivity index (χ1v) is 4.48. The van der Waals surface area contributed by atoms with Crippen LogP contribution in [0.3, 0.4) is 0 Å². The SMILES string of the molecule is O=C1CC[C@H](C(=O)N[C@H](CO)C(=O)O)N1. The minimum absolute atomic E-state index is 0.231. The van der Waals surface area contributed by atoms with Crippen LogP contribution >= 0.6 is 0 Å². The van der Waals surface area contributed by atoms with Gasteiger partial charge in [-0.25, -0.2) is 4.79 Å². The zero-order valence-electron chi connectivity index (χ0n) is 7.90. The highest BCUT2D eigenvalue weighted by molar-refractivity contribution is 5.92. The summed E-state index contributed by atoms with van der Waals surface area (Å²) >= 11 is 0. The lowest BCUT2D eigenvalue weighted by Crippen LogP contribution is -2.50. The monoisotopic (exact) mass is 216 g/mol.